The summed E-state index contributed by atoms with van der Waals surface area (Å²) in [6.45, 7) is 1.33. The Bertz CT molecular complexity index is 1450. The van der Waals surface area contributed by atoms with Gasteiger partial charge in [-0.1, -0.05) is 54.5 Å². The SMILES string of the molecule is Cc1ccc(N(C(=O)Cn2nnc3ccccc32)C(C(=O)NC2CCCC2)c2ccccc2F)cc1F. The van der Waals surface area contributed by atoms with Crippen LogP contribution in [0.3, 0.4) is 0 Å². The third kappa shape index (κ3) is 5.07. The van der Waals surface area contributed by atoms with Crippen LogP contribution in [0.1, 0.15) is 42.9 Å². The third-order valence-corrected chi connectivity index (χ3v) is 6.82. The molecule has 0 radical (unpaired) electrons. The van der Waals surface area contributed by atoms with Crippen molar-refractivity contribution in [2.75, 3.05) is 4.90 Å². The minimum Gasteiger partial charge on any atom is -0.351 e. The second kappa shape index (κ2) is 10.5. The number of rotatable bonds is 7. The van der Waals surface area contributed by atoms with E-state index in [4.69, 9.17) is 0 Å². The Morgan fingerprint density at radius 1 is 1.03 bits per heavy atom. The molecule has 9 heteroatoms. The predicted molar refractivity (Wildman–Crippen MR) is 136 cm³/mol. The maximum atomic E-state index is 15.2. The fraction of sp³-hybridized carbons (Fsp3) is 0.286. The van der Waals surface area contributed by atoms with Gasteiger partial charge in [0.1, 0.15) is 29.7 Å². The molecule has 1 aliphatic rings. The number of benzene rings is 3. The molecule has 7 nitrogen and oxygen atoms in total. The highest BCUT2D eigenvalue weighted by Crippen LogP contribution is 2.32. The van der Waals surface area contributed by atoms with Gasteiger partial charge < -0.3 is 5.32 Å². The summed E-state index contributed by atoms with van der Waals surface area (Å²) in [6.07, 6.45) is 3.60. The van der Waals surface area contributed by atoms with Crippen molar-refractivity contribution in [3.63, 3.8) is 0 Å². The van der Waals surface area contributed by atoms with Crippen LogP contribution >= 0.6 is 0 Å². The molecule has 5 rings (SSSR count). The number of halogens is 2. The van der Waals surface area contributed by atoms with Gasteiger partial charge in [-0.2, -0.15) is 0 Å². The van der Waals surface area contributed by atoms with Crippen molar-refractivity contribution in [2.45, 2.75) is 51.2 Å². The van der Waals surface area contributed by atoms with Crippen LogP contribution in [0.2, 0.25) is 0 Å². The van der Waals surface area contributed by atoms with Gasteiger partial charge in [0.05, 0.1) is 5.52 Å². The average Bonchev–Trinajstić information content (AvgIpc) is 3.55. The number of amides is 2. The Balaban J connectivity index is 1.60. The van der Waals surface area contributed by atoms with E-state index in [1.807, 2.05) is 6.07 Å². The molecule has 1 heterocycles. The molecule has 2 amide bonds. The molecule has 0 spiro atoms. The molecule has 1 N–H and O–H groups in total. The minimum absolute atomic E-state index is 0.0239. The fourth-order valence-corrected chi connectivity index (χ4v) is 4.85. The first-order valence-corrected chi connectivity index (χ1v) is 12.3. The molecule has 1 aliphatic carbocycles. The van der Waals surface area contributed by atoms with Crippen molar-refractivity contribution in [3.8, 4) is 0 Å². The lowest BCUT2D eigenvalue weighted by molar-refractivity contribution is -0.127. The Labute approximate surface area is 213 Å². The number of aromatic nitrogens is 3. The molecule has 1 atom stereocenters. The molecule has 1 unspecified atom stereocenters. The minimum atomic E-state index is -1.36. The van der Waals surface area contributed by atoms with Gasteiger partial charge in [-0.15, -0.1) is 5.10 Å². The van der Waals surface area contributed by atoms with E-state index in [1.54, 1.807) is 37.3 Å². The lowest BCUT2D eigenvalue weighted by atomic mass is 10.0. The van der Waals surface area contributed by atoms with Gasteiger partial charge in [0, 0.05) is 17.3 Å². The van der Waals surface area contributed by atoms with E-state index < -0.39 is 29.5 Å². The van der Waals surface area contributed by atoms with Crippen molar-refractivity contribution < 1.29 is 18.4 Å². The highest BCUT2D eigenvalue weighted by Gasteiger charge is 2.36. The normalized spacial score (nSPS) is 14.6. The van der Waals surface area contributed by atoms with Crippen LogP contribution in [-0.2, 0) is 16.1 Å². The van der Waals surface area contributed by atoms with E-state index in [0.717, 1.165) is 25.7 Å². The van der Waals surface area contributed by atoms with E-state index >= 15 is 4.39 Å². The zero-order chi connectivity index (χ0) is 25.9. The molecular weight excluding hydrogens is 476 g/mol. The molecule has 190 valence electrons. The monoisotopic (exact) mass is 503 g/mol. The quantitative estimate of drug-likeness (QED) is 0.391. The van der Waals surface area contributed by atoms with E-state index in [1.165, 1.54) is 39.9 Å². The number of anilines is 1. The van der Waals surface area contributed by atoms with Gasteiger partial charge in [0.2, 0.25) is 11.8 Å². The first-order valence-electron chi connectivity index (χ1n) is 12.3. The second-order valence-electron chi connectivity index (χ2n) is 9.35. The molecule has 1 fully saturated rings. The van der Waals surface area contributed by atoms with Gasteiger partial charge in [-0.25, -0.2) is 13.5 Å². The number of hydrogen-bond acceptors (Lipinski definition) is 4. The van der Waals surface area contributed by atoms with E-state index in [0.29, 0.717) is 16.6 Å². The number of nitrogens with zero attached hydrogens (tertiary/aromatic N) is 4. The van der Waals surface area contributed by atoms with E-state index in [-0.39, 0.29) is 23.8 Å². The lowest BCUT2D eigenvalue weighted by Gasteiger charge is -2.32. The summed E-state index contributed by atoms with van der Waals surface area (Å²) in [5.74, 6) is -2.25. The number of fused-ring (bicyclic) bond motifs is 1. The van der Waals surface area contributed by atoms with Crippen LogP contribution in [0.4, 0.5) is 14.5 Å². The molecule has 3 aromatic carbocycles. The summed E-state index contributed by atoms with van der Waals surface area (Å²) >= 11 is 0. The number of aryl methyl sites for hydroxylation is 1. The number of para-hydroxylation sites is 1. The maximum absolute atomic E-state index is 15.2. The molecule has 0 bridgehead atoms. The van der Waals surface area contributed by atoms with Crippen molar-refractivity contribution in [1.82, 2.24) is 20.3 Å². The van der Waals surface area contributed by atoms with Crippen LogP contribution in [0, 0.1) is 18.6 Å². The van der Waals surface area contributed by atoms with Crippen LogP contribution in [-0.4, -0.2) is 32.9 Å². The summed E-state index contributed by atoms with van der Waals surface area (Å²) in [4.78, 5) is 28.8. The Morgan fingerprint density at radius 3 is 2.51 bits per heavy atom. The summed E-state index contributed by atoms with van der Waals surface area (Å²) in [5, 5.41) is 11.2. The van der Waals surface area contributed by atoms with Crippen LogP contribution in [0.25, 0.3) is 11.0 Å². The van der Waals surface area contributed by atoms with Crippen molar-refractivity contribution in [3.05, 3.63) is 89.5 Å². The van der Waals surface area contributed by atoms with Gasteiger partial charge in [0.25, 0.3) is 0 Å². The van der Waals surface area contributed by atoms with Crippen LogP contribution < -0.4 is 10.2 Å². The molecular formula is C28H27F2N5O2. The van der Waals surface area contributed by atoms with Crippen molar-refractivity contribution >= 4 is 28.5 Å². The summed E-state index contributed by atoms with van der Waals surface area (Å²) in [5.41, 5.74) is 1.79. The fourth-order valence-electron chi connectivity index (χ4n) is 4.85. The molecule has 1 aromatic heterocycles. The first-order chi connectivity index (χ1) is 17.9. The van der Waals surface area contributed by atoms with Gasteiger partial charge >= 0.3 is 0 Å². The topological polar surface area (TPSA) is 80.1 Å². The van der Waals surface area contributed by atoms with Crippen LogP contribution in [0.5, 0.6) is 0 Å². The highest BCUT2D eigenvalue weighted by molar-refractivity contribution is 6.01. The number of carbonyl (C=O) groups is 2. The van der Waals surface area contributed by atoms with E-state index in [9.17, 15) is 14.0 Å². The Kier molecular flexibility index (Phi) is 6.94. The maximum Gasteiger partial charge on any atom is 0.249 e. The summed E-state index contributed by atoms with van der Waals surface area (Å²) in [6, 6.07) is 15.9. The Morgan fingerprint density at radius 2 is 1.76 bits per heavy atom. The molecule has 0 aliphatic heterocycles. The Hall–Kier alpha value is -4.14. The zero-order valence-electron chi connectivity index (χ0n) is 20.4. The van der Waals surface area contributed by atoms with Crippen molar-refractivity contribution in [1.29, 1.82) is 0 Å². The summed E-state index contributed by atoms with van der Waals surface area (Å²) < 4.78 is 31.3. The van der Waals surface area contributed by atoms with Gasteiger partial charge in [-0.05, 0) is 55.7 Å². The smallest absolute Gasteiger partial charge is 0.249 e. The molecule has 4 aromatic rings. The number of carbonyl (C=O) groups excluding carboxylic acids is 2. The zero-order valence-corrected chi connectivity index (χ0v) is 20.4. The summed E-state index contributed by atoms with van der Waals surface area (Å²) in [7, 11) is 0. The van der Waals surface area contributed by atoms with Crippen LogP contribution in [0.15, 0.2) is 66.7 Å². The van der Waals surface area contributed by atoms with Crippen molar-refractivity contribution in [2.24, 2.45) is 0 Å². The largest absolute Gasteiger partial charge is 0.351 e. The van der Waals surface area contributed by atoms with Gasteiger partial charge in [-0.3, -0.25) is 14.5 Å². The number of nitrogens with one attached hydrogen (secondary N) is 1. The first kappa shape index (κ1) is 24.5. The molecule has 37 heavy (non-hydrogen) atoms. The second-order valence-corrected chi connectivity index (χ2v) is 9.35. The standard InChI is InChI=1S/C28H27F2N5O2/c1-18-14-15-20(16-23(18)30)35(26(36)17-34-25-13-7-6-12-24(25)32-33-34)27(21-10-4-5-11-22(21)29)28(37)31-19-8-2-3-9-19/h4-7,10-16,19,27H,2-3,8-9,17H2,1H3,(H,31,37). The lowest BCUT2D eigenvalue weighted by Crippen LogP contribution is -2.47. The third-order valence-electron chi connectivity index (χ3n) is 6.82. The van der Waals surface area contributed by atoms with Gasteiger partial charge in [0.15, 0.2) is 0 Å². The highest BCUT2D eigenvalue weighted by atomic mass is 19.1. The predicted octanol–water partition coefficient (Wildman–Crippen LogP) is 4.85. The molecule has 1 saturated carbocycles. The average molecular weight is 504 g/mol. The van der Waals surface area contributed by atoms with E-state index in [2.05, 4.69) is 15.6 Å². The molecule has 0 saturated heterocycles. The number of hydrogen-bond donors (Lipinski definition) is 1.